The minimum absolute atomic E-state index is 0.0889. The van der Waals surface area contributed by atoms with Crippen LogP contribution < -0.4 is 0 Å². The van der Waals surface area contributed by atoms with Crippen LogP contribution in [-0.4, -0.2) is 28.6 Å². The Bertz CT molecular complexity index is 619. The fraction of sp³-hybridized carbons (Fsp3) is 0.471. The molecule has 3 rings (SSSR count). The highest BCUT2D eigenvalue weighted by Gasteiger charge is 2.39. The second-order valence-electron chi connectivity index (χ2n) is 6.16. The number of β-amino-alcohol motifs (C(OH)–C–C–N with tert-alkyl or cyclic N) is 1. The zero-order chi connectivity index (χ0) is 16.6. The van der Waals surface area contributed by atoms with Crippen molar-refractivity contribution in [2.24, 2.45) is 5.92 Å². The molecule has 1 aromatic carbocycles. The standard InChI is InChI=1S/C17H18F3NO2/c18-17(19,20)13-7-3-6-12(8-13)15-9-14(22)10-21(15)16(23)11-4-1-2-5-11/h1-3,6-8,11,14-15,22H,4-5,9-10H2. The zero-order valence-electron chi connectivity index (χ0n) is 12.5. The van der Waals surface area contributed by atoms with Crippen molar-refractivity contribution in [2.75, 3.05) is 6.54 Å². The van der Waals surface area contributed by atoms with E-state index in [0.717, 1.165) is 12.1 Å². The van der Waals surface area contributed by atoms with Crippen molar-refractivity contribution >= 4 is 5.91 Å². The highest BCUT2D eigenvalue weighted by atomic mass is 19.4. The third-order valence-electron chi connectivity index (χ3n) is 4.52. The Kier molecular flexibility index (Phi) is 4.19. The smallest absolute Gasteiger partial charge is 0.391 e. The number of alkyl halides is 3. The SMILES string of the molecule is O=C(C1CC=CC1)N1CC(O)CC1c1cccc(C(F)(F)F)c1. The molecule has 124 valence electrons. The molecule has 1 saturated heterocycles. The molecule has 6 heteroatoms. The normalized spacial score (nSPS) is 25.3. The van der Waals surface area contributed by atoms with E-state index in [1.165, 1.54) is 11.0 Å². The maximum Gasteiger partial charge on any atom is 0.416 e. The van der Waals surface area contributed by atoms with Gasteiger partial charge in [0.1, 0.15) is 0 Å². The Hall–Kier alpha value is -1.82. The van der Waals surface area contributed by atoms with E-state index >= 15 is 0 Å². The van der Waals surface area contributed by atoms with Gasteiger partial charge in [-0.3, -0.25) is 4.79 Å². The number of allylic oxidation sites excluding steroid dienone is 2. The number of likely N-dealkylation sites (tertiary alicyclic amines) is 1. The molecule has 1 aromatic rings. The van der Waals surface area contributed by atoms with Gasteiger partial charge in [0, 0.05) is 12.5 Å². The van der Waals surface area contributed by atoms with Gasteiger partial charge in [-0.05, 0) is 37.0 Å². The van der Waals surface area contributed by atoms with E-state index in [4.69, 9.17) is 0 Å². The van der Waals surface area contributed by atoms with E-state index in [-0.39, 0.29) is 24.8 Å². The fourth-order valence-electron chi connectivity index (χ4n) is 3.35. The molecule has 1 aliphatic carbocycles. The number of hydrogen-bond acceptors (Lipinski definition) is 2. The maximum atomic E-state index is 12.9. The number of carbonyl (C=O) groups excluding carboxylic acids is 1. The molecule has 1 heterocycles. The Morgan fingerprint density at radius 3 is 2.57 bits per heavy atom. The molecule has 0 saturated carbocycles. The van der Waals surface area contributed by atoms with E-state index < -0.39 is 23.9 Å². The summed E-state index contributed by atoms with van der Waals surface area (Å²) in [6.07, 6.45) is 0.335. The van der Waals surface area contributed by atoms with Crippen LogP contribution in [0.4, 0.5) is 13.2 Å². The van der Waals surface area contributed by atoms with Crippen LogP contribution in [0.15, 0.2) is 36.4 Å². The number of halogens is 3. The van der Waals surface area contributed by atoms with Crippen LogP contribution in [0.2, 0.25) is 0 Å². The molecular formula is C17H18F3NO2. The second-order valence-corrected chi connectivity index (χ2v) is 6.16. The van der Waals surface area contributed by atoms with Gasteiger partial charge in [0.2, 0.25) is 5.91 Å². The number of hydrogen-bond donors (Lipinski definition) is 1. The molecule has 23 heavy (non-hydrogen) atoms. The predicted molar refractivity (Wildman–Crippen MR) is 78.4 cm³/mol. The molecule has 3 nitrogen and oxygen atoms in total. The molecular weight excluding hydrogens is 307 g/mol. The maximum absolute atomic E-state index is 12.9. The van der Waals surface area contributed by atoms with Crippen LogP contribution in [0.3, 0.4) is 0 Å². The van der Waals surface area contributed by atoms with Crippen molar-refractivity contribution in [3.8, 4) is 0 Å². The van der Waals surface area contributed by atoms with Crippen molar-refractivity contribution in [1.29, 1.82) is 0 Å². The summed E-state index contributed by atoms with van der Waals surface area (Å²) < 4.78 is 38.7. The third-order valence-corrected chi connectivity index (χ3v) is 4.52. The predicted octanol–water partition coefficient (Wildman–Crippen LogP) is 3.31. The number of benzene rings is 1. The number of rotatable bonds is 2. The number of aliphatic hydroxyl groups is 1. The fourth-order valence-corrected chi connectivity index (χ4v) is 3.35. The molecule has 0 spiro atoms. The molecule has 1 amide bonds. The summed E-state index contributed by atoms with van der Waals surface area (Å²) in [5, 5.41) is 9.92. The summed E-state index contributed by atoms with van der Waals surface area (Å²) in [5.74, 6) is -0.248. The summed E-state index contributed by atoms with van der Waals surface area (Å²) in [6.45, 7) is 0.177. The van der Waals surface area contributed by atoms with Crippen LogP contribution in [0, 0.1) is 5.92 Å². The summed E-state index contributed by atoms with van der Waals surface area (Å²) >= 11 is 0. The Morgan fingerprint density at radius 1 is 1.22 bits per heavy atom. The van der Waals surface area contributed by atoms with Gasteiger partial charge in [-0.2, -0.15) is 13.2 Å². The molecule has 1 aliphatic heterocycles. The Balaban J connectivity index is 1.86. The largest absolute Gasteiger partial charge is 0.416 e. The Morgan fingerprint density at radius 2 is 1.91 bits per heavy atom. The van der Waals surface area contributed by atoms with E-state index in [1.807, 2.05) is 12.2 Å². The molecule has 0 radical (unpaired) electrons. The third kappa shape index (κ3) is 3.27. The van der Waals surface area contributed by atoms with Crippen LogP contribution in [-0.2, 0) is 11.0 Å². The summed E-state index contributed by atoms with van der Waals surface area (Å²) in [4.78, 5) is 14.2. The molecule has 0 aromatic heterocycles. The van der Waals surface area contributed by atoms with E-state index in [2.05, 4.69) is 0 Å². The van der Waals surface area contributed by atoms with Gasteiger partial charge in [-0.15, -0.1) is 0 Å². The highest BCUT2D eigenvalue weighted by molar-refractivity contribution is 5.80. The first-order valence-corrected chi connectivity index (χ1v) is 7.67. The number of amides is 1. The van der Waals surface area contributed by atoms with E-state index in [1.54, 1.807) is 6.07 Å². The quantitative estimate of drug-likeness (QED) is 0.848. The zero-order valence-corrected chi connectivity index (χ0v) is 12.5. The van der Waals surface area contributed by atoms with Gasteiger partial charge < -0.3 is 10.0 Å². The van der Waals surface area contributed by atoms with Crippen molar-refractivity contribution < 1.29 is 23.1 Å². The van der Waals surface area contributed by atoms with Crippen LogP contribution >= 0.6 is 0 Å². The van der Waals surface area contributed by atoms with Crippen molar-refractivity contribution in [1.82, 2.24) is 4.90 Å². The summed E-state index contributed by atoms with van der Waals surface area (Å²) in [6, 6.07) is 4.53. The van der Waals surface area contributed by atoms with Gasteiger partial charge in [0.25, 0.3) is 0 Å². The summed E-state index contributed by atoms with van der Waals surface area (Å²) in [7, 11) is 0. The van der Waals surface area contributed by atoms with Gasteiger partial charge in [-0.25, -0.2) is 0 Å². The van der Waals surface area contributed by atoms with Gasteiger partial charge in [0.15, 0.2) is 0 Å². The number of carbonyl (C=O) groups is 1. The van der Waals surface area contributed by atoms with Crippen LogP contribution in [0.1, 0.15) is 36.4 Å². The molecule has 2 aliphatic rings. The lowest BCUT2D eigenvalue weighted by Crippen LogP contribution is -2.36. The molecule has 2 unspecified atom stereocenters. The monoisotopic (exact) mass is 325 g/mol. The van der Waals surface area contributed by atoms with Crippen LogP contribution in [0.5, 0.6) is 0 Å². The van der Waals surface area contributed by atoms with Crippen molar-refractivity contribution in [3.05, 3.63) is 47.5 Å². The Labute approximate surface area is 132 Å². The molecule has 1 fully saturated rings. The first-order valence-electron chi connectivity index (χ1n) is 7.67. The van der Waals surface area contributed by atoms with Gasteiger partial charge in [0.05, 0.1) is 17.7 Å². The molecule has 2 atom stereocenters. The van der Waals surface area contributed by atoms with Gasteiger partial charge >= 0.3 is 6.18 Å². The van der Waals surface area contributed by atoms with Gasteiger partial charge in [-0.1, -0.05) is 24.3 Å². The average Bonchev–Trinajstić information content (AvgIpc) is 3.15. The van der Waals surface area contributed by atoms with Crippen molar-refractivity contribution in [3.63, 3.8) is 0 Å². The minimum Gasteiger partial charge on any atom is -0.391 e. The van der Waals surface area contributed by atoms with E-state index in [9.17, 15) is 23.1 Å². The second kappa shape index (κ2) is 6.00. The molecule has 0 bridgehead atoms. The number of nitrogens with zero attached hydrogens (tertiary/aromatic N) is 1. The lowest BCUT2D eigenvalue weighted by Gasteiger charge is -2.28. The average molecular weight is 325 g/mol. The lowest BCUT2D eigenvalue weighted by atomic mass is 9.99. The lowest BCUT2D eigenvalue weighted by molar-refractivity contribution is -0.137. The minimum atomic E-state index is -4.42. The topological polar surface area (TPSA) is 40.5 Å². The molecule has 1 N–H and O–H groups in total. The number of aliphatic hydroxyl groups excluding tert-OH is 1. The summed E-state index contributed by atoms with van der Waals surface area (Å²) in [5.41, 5.74) is -0.304. The first-order chi connectivity index (χ1) is 10.9. The van der Waals surface area contributed by atoms with E-state index in [0.29, 0.717) is 18.4 Å². The highest BCUT2D eigenvalue weighted by Crippen LogP contribution is 2.37. The van der Waals surface area contributed by atoms with Crippen LogP contribution in [0.25, 0.3) is 0 Å². The van der Waals surface area contributed by atoms with Crippen molar-refractivity contribution in [2.45, 2.75) is 37.6 Å². The first kappa shape index (κ1) is 16.1.